The summed E-state index contributed by atoms with van der Waals surface area (Å²) in [5.74, 6) is -0.272. The number of ether oxygens (including phenoxy) is 1. The molecule has 0 aromatic carbocycles. The quantitative estimate of drug-likeness (QED) is 0.547. The van der Waals surface area contributed by atoms with E-state index in [-0.39, 0.29) is 11.0 Å². The fourth-order valence-electron chi connectivity index (χ4n) is 0.212. The monoisotopic (exact) mass is 244 g/mol. The van der Waals surface area contributed by atoms with Gasteiger partial charge in [0, 0.05) is 6.92 Å². The zero-order valence-electron chi connectivity index (χ0n) is 4.36. The van der Waals surface area contributed by atoms with Crippen LogP contribution in [0.4, 0.5) is 0 Å². The predicted octanol–water partition coefficient (Wildman–Crippen LogP) is 1.67. The molecule has 0 radical (unpaired) electrons. The maximum absolute atomic E-state index is 10.1. The lowest BCUT2D eigenvalue weighted by Crippen LogP contribution is -2.09. The van der Waals surface area contributed by atoms with Gasteiger partial charge < -0.3 is 4.74 Å². The fraction of sp³-hybridized carbons (Fsp3) is 0.750. The second-order valence-corrected chi connectivity index (χ2v) is 2.84. The number of alkyl halides is 2. The normalized spacial score (nSPS) is 12.9. The molecule has 0 fully saturated rings. The van der Waals surface area contributed by atoms with Crippen molar-refractivity contribution in [2.45, 2.75) is 11.9 Å². The van der Waals surface area contributed by atoms with Crippen LogP contribution in [0.5, 0.6) is 0 Å². The molecular weight excluding hydrogens is 240 g/mol. The lowest BCUT2D eigenvalue weighted by atomic mass is 10.8. The average Bonchev–Trinajstić information content (AvgIpc) is 1.65. The van der Waals surface area contributed by atoms with Gasteiger partial charge in [0.2, 0.25) is 0 Å². The summed E-state index contributed by atoms with van der Waals surface area (Å²) in [6.07, 6.45) is 0. The van der Waals surface area contributed by atoms with Crippen LogP contribution in [0.1, 0.15) is 6.92 Å². The van der Waals surface area contributed by atoms with E-state index in [1.165, 1.54) is 6.92 Å². The highest BCUT2D eigenvalue weighted by Gasteiger charge is 2.02. The maximum atomic E-state index is 10.1. The molecule has 0 N–H and O–H groups in total. The molecular formula is C4H6Br2O2. The van der Waals surface area contributed by atoms with Crippen LogP contribution in [0, 0.1) is 0 Å². The molecule has 2 nitrogen and oxygen atoms in total. The number of rotatable bonds is 2. The van der Waals surface area contributed by atoms with E-state index in [0.29, 0.717) is 5.33 Å². The number of hydrogen-bond acceptors (Lipinski definition) is 2. The van der Waals surface area contributed by atoms with Crippen LogP contribution >= 0.6 is 31.9 Å². The Morgan fingerprint density at radius 3 is 2.50 bits per heavy atom. The van der Waals surface area contributed by atoms with Crippen LogP contribution in [0.3, 0.4) is 0 Å². The standard InChI is InChI=1S/C4H6Br2O2/c1-3(7)8-4(6)2-5/h4H,2H2,1H3/t4-/m0/s1. The number of esters is 1. The van der Waals surface area contributed by atoms with Crippen molar-refractivity contribution in [2.24, 2.45) is 0 Å². The van der Waals surface area contributed by atoms with Gasteiger partial charge in [0.15, 0.2) is 5.01 Å². The van der Waals surface area contributed by atoms with Crippen molar-refractivity contribution >= 4 is 37.8 Å². The van der Waals surface area contributed by atoms with E-state index in [0.717, 1.165) is 0 Å². The lowest BCUT2D eigenvalue weighted by molar-refractivity contribution is -0.141. The number of carbonyl (C=O) groups is 1. The molecule has 0 unspecified atom stereocenters. The topological polar surface area (TPSA) is 26.3 Å². The smallest absolute Gasteiger partial charge is 0.303 e. The second-order valence-electron chi connectivity index (χ2n) is 1.17. The van der Waals surface area contributed by atoms with Gasteiger partial charge in [-0.05, 0) is 15.9 Å². The molecule has 0 rings (SSSR count). The van der Waals surface area contributed by atoms with E-state index in [2.05, 4.69) is 36.6 Å². The minimum Gasteiger partial charge on any atom is -0.450 e. The molecule has 0 aliphatic rings. The van der Waals surface area contributed by atoms with Crippen molar-refractivity contribution in [1.82, 2.24) is 0 Å². The summed E-state index contributed by atoms with van der Waals surface area (Å²) in [4.78, 5) is 10.1. The van der Waals surface area contributed by atoms with E-state index in [4.69, 9.17) is 0 Å². The van der Waals surface area contributed by atoms with Crippen molar-refractivity contribution in [3.05, 3.63) is 0 Å². The summed E-state index contributed by atoms with van der Waals surface area (Å²) < 4.78 is 4.63. The molecule has 0 aromatic rings. The first-order valence-corrected chi connectivity index (χ1v) is 4.07. The molecule has 0 aromatic heterocycles. The molecule has 48 valence electrons. The molecule has 0 aliphatic carbocycles. The summed E-state index contributed by atoms with van der Waals surface area (Å²) in [5, 5.41) is 0.423. The van der Waals surface area contributed by atoms with Gasteiger partial charge in [-0.25, -0.2) is 0 Å². The van der Waals surface area contributed by atoms with Crippen LogP contribution in [0.2, 0.25) is 0 Å². The Morgan fingerprint density at radius 2 is 2.38 bits per heavy atom. The summed E-state index contributed by atoms with van der Waals surface area (Å²) in [7, 11) is 0. The van der Waals surface area contributed by atoms with Crippen molar-refractivity contribution in [3.63, 3.8) is 0 Å². The Kier molecular flexibility index (Phi) is 4.56. The van der Waals surface area contributed by atoms with Crippen LogP contribution in [-0.2, 0) is 9.53 Å². The van der Waals surface area contributed by atoms with Crippen LogP contribution in [-0.4, -0.2) is 16.3 Å². The highest BCUT2D eigenvalue weighted by atomic mass is 79.9. The van der Waals surface area contributed by atoms with Gasteiger partial charge in [0.25, 0.3) is 0 Å². The van der Waals surface area contributed by atoms with E-state index in [1.807, 2.05) is 0 Å². The average molecular weight is 246 g/mol. The van der Waals surface area contributed by atoms with Gasteiger partial charge in [-0.3, -0.25) is 4.79 Å². The minimum atomic E-state index is -0.272. The van der Waals surface area contributed by atoms with Gasteiger partial charge in [0.05, 0.1) is 5.33 Å². The summed E-state index contributed by atoms with van der Waals surface area (Å²) in [6, 6.07) is 0. The van der Waals surface area contributed by atoms with Crippen molar-refractivity contribution in [2.75, 3.05) is 5.33 Å². The van der Waals surface area contributed by atoms with Gasteiger partial charge in [-0.1, -0.05) is 15.9 Å². The number of carbonyl (C=O) groups excluding carboxylic acids is 1. The van der Waals surface area contributed by atoms with Gasteiger partial charge >= 0.3 is 5.97 Å². The van der Waals surface area contributed by atoms with Crippen LogP contribution < -0.4 is 0 Å². The molecule has 4 heteroatoms. The molecule has 8 heavy (non-hydrogen) atoms. The van der Waals surface area contributed by atoms with Gasteiger partial charge in [0.1, 0.15) is 0 Å². The molecule has 0 spiro atoms. The number of hydrogen-bond donors (Lipinski definition) is 0. The summed E-state index contributed by atoms with van der Waals surface area (Å²) in [5.41, 5.74) is 0. The molecule has 0 bridgehead atoms. The Bertz CT molecular complexity index is 84.1. The lowest BCUT2D eigenvalue weighted by Gasteiger charge is -2.03. The molecule has 0 amide bonds. The fourth-order valence-corrected chi connectivity index (χ4v) is 0.607. The highest BCUT2D eigenvalue weighted by molar-refractivity contribution is 9.12. The zero-order valence-corrected chi connectivity index (χ0v) is 7.53. The highest BCUT2D eigenvalue weighted by Crippen LogP contribution is 2.04. The third-order valence-corrected chi connectivity index (χ3v) is 2.38. The Morgan fingerprint density at radius 1 is 1.88 bits per heavy atom. The largest absolute Gasteiger partial charge is 0.450 e. The molecule has 0 heterocycles. The van der Waals surface area contributed by atoms with E-state index in [1.54, 1.807) is 0 Å². The molecule has 0 aliphatic heterocycles. The van der Waals surface area contributed by atoms with Crippen LogP contribution in [0.15, 0.2) is 0 Å². The SMILES string of the molecule is CC(=O)O[C@H](Br)CBr. The first kappa shape index (κ1) is 8.43. The first-order valence-electron chi connectivity index (χ1n) is 2.04. The third kappa shape index (κ3) is 4.59. The summed E-state index contributed by atoms with van der Waals surface area (Å²) >= 11 is 6.21. The number of halogens is 2. The Balaban J connectivity index is 3.24. The minimum absolute atomic E-state index is 0.194. The summed E-state index contributed by atoms with van der Waals surface area (Å²) in [6.45, 7) is 1.37. The van der Waals surface area contributed by atoms with Gasteiger partial charge in [-0.2, -0.15) is 0 Å². The van der Waals surface area contributed by atoms with Crippen molar-refractivity contribution in [3.8, 4) is 0 Å². The molecule has 0 saturated carbocycles. The molecule has 0 saturated heterocycles. The third-order valence-electron chi connectivity index (χ3n) is 0.415. The van der Waals surface area contributed by atoms with E-state index < -0.39 is 0 Å². The van der Waals surface area contributed by atoms with Gasteiger partial charge in [-0.15, -0.1) is 0 Å². The Labute approximate surface area is 64.8 Å². The van der Waals surface area contributed by atoms with E-state index in [9.17, 15) is 4.79 Å². The van der Waals surface area contributed by atoms with E-state index >= 15 is 0 Å². The maximum Gasteiger partial charge on any atom is 0.303 e. The predicted molar refractivity (Wildman–Crippen MR) is 38.3 cm³/mol. The van der Waals surface area contributed by atoms with Crippen molar-refractivity contribution < 1.29 is 9.53 Å². The molecule has 1 atom stereocenters. The zero-order chi connectivity index (χ0) is 6.57. The second kappa shape index (κ2) is 4.32. The van der Waals surface area contributed by atoms with Crippen LogP contribution in [0.25, 0.3) is 0 Å². The Hall–Kier alpha value is 0.430. The van der Waals surface area contributed by atoms with Crippen molar-refractivity contribution in [1.29, 1.82) is 0 Å². The first-order chi connectivity index (χ1) is 3.66.